The molecule has 0 saturated carbocycles. The van der Waals surface area contributed by atoms with Crippen molar-refractivity contribution < 1.29 is 22.7 Å². The van der Waals surface area contributed by atoms with Crippen molar-refractivity contribution in [2.75, 3.05) is 7.11 Å². The molecule has 1 heterocycles. The van der Waals surface area contributed by atoms with Crippen LogP contribution in [0.25, 0.3) is 0 Å². The molecular weight excluding hydrogens is 338 g/mol. The Morgan fingerprint density at radius 1 is 1.56 bits per heavy atom. The van der Waals surface area contributed by atoms with Crippen molar-refractivity contribution in [3.63, 3.8) is 0 Å². The van der Waals surface area contributed by atoms with Gasteiger partial charge in [-0.25, -0.2) is 0 Å². The number of carbonyl (C=O) groups excluding carboxylic acids is 1. The quantitative estimate of drug-likeness (QED) is 0.611. The van der Waals surface area contributed by atoms with E-state index < -0.39 is 17.8 Å². The van der Waals surface area contributed by atoms with Crippen LogP contribution in [0.2, 0.25) is 0 Å². The van der Waals surface area contributed by atoms with Gasteiger partial charge in [0.15, 0.2) is 5.69 Å². The van der Waals surface area contributed by atoms with E-state index in [9.17, 15) is 18.0 Å². The van der Waals surface area contributed by atoms with Crippen LogP contribution >= 0.6 is 22.6 Å². The second kappa shape index (κ2) is 4.98. The van der Waals surface area contributed by atoms with E-state index in [2.05, 4.69) is 9.72 Å². The van der Waals surface area contributed by atoms with Gasteiger partial charge in [-0.3, -0.25) is 9.78 Å². The van der Waals surface area contributed by atoms with E-state index in [0.29, 0.717) is 0 Å². The highest BCUT2D eigenvalue weighted by molar-refractivity contribution is 14.1. The van der Waals surface area contributed by atoms with Crippen molar-refractivity contribution in [3.05, 3.63) is 27.1 Å². The van der Waals surface area contributed by atoms with Crippen molar-refractivity contribution in [1.82, 2.24) is 4.98 Å². The molecule has 1 rings (SSSR count). The van der Waals surface area contributed by atoms with Gasteiger partial charge in [-0.05, 0) is 34.2 Å². The van der Waals surface area contributed by atoms with Gasteiger partial charge in [-0.1, -0.05) is 0 Å². The Kier molecular flexibility index (Phi) is 4.11. The van der Waals surface area contributed by atoms with Crippen LogP contribution in [0.4, 0.5) is 13.2 Å². The second-order valence-corrected chi connectivity index (χ2v) is 3.96. The zero-order valence-electron chi connectivity index (χ0n) is 8.14. The standard InChI is InChI=1S/C9H7F3INO2/c1-16-6(15)4-5-2-3-14-8(7(5)13)9(10,11)12/h2-3H,4H2,1H3. The van der Waals surface area contributed by atoms with E-state index in [-0.39, 0.29) is 15.6 Å². The van der Waals surface area contributed by atoms with Gasteiger partial charge in [0.05, 0.1) is 13.5 Å². The first-order valence-corrected chi connectivity index (χ1v) is 5.21. The third-order valence-electron chi connectivity index (χ3n) is 1.80. The van der Waals surface area contributed by atoms with Crippen LogP contribution < -0.4 is 0 Å². The van der Waals surface area contributed by atoms with E-state index in [1.807, 2.05) is 0 Å². The van der Waals surface area contributed by atoms with Crippen molar-refractivity contribution in [2.24, 2.45) is 0 Å². The van der Waals surface area contributed by atoms with Gasteiger partial charge in [0.1, 0.15) is 0 Å². The molecule has 0 aliphatic heterocycles. The molecule has 0 N–H and O–H groups in total. The summed E-state index contributed by atoms with van der Waals surface area (Å²) in [7, 11) is 1.18. The van der Waals surface area contributed by atoms with Gasteiger partial charge >= 0.3 is 12.1 Å². The molecule has 0 fully saturated rings. The normalized spacial score (nSPS) is 11.3. The SMILES string of the molecule is COC(=O)Cc1ccnc(C(F)(F)F)c1I. The first kappa shape index (κ1) is 13.2. The van der Waals surface area contributed by atoms with E-state index in [4.69, 9.17) is 0 Å². The van der Waals surface area contributed by atoms with E-state index >= 15 is 0 Å². The van der Waals surface area contributed by atoms with Gasteiger partial charge in [-0.2, -0.15) is 13.2 Å². The first-order valence-electron chi connectivity index (χ1n) is 4.13. The largest absolute Gasteiger partial charge is 0.469 e. The Labute approximate surface area is 103 Å². The molecule has 0 spiro atoms. The molecule has 0 aliphatic rings. The maximum Gasteiger partial charge on any atom is 0.434 e. The topological polar surface area (TPSA) is 39.2 Å². The number of esters is 1. The summed E-state index contributed by atoms with van der Waals surface area (Å²) in [5, 5.41) is 0. The van der Waals surface area contributed by atoms with Gasteiger partial charge in [0.2, 0.25) is 0 Å². The van der Waals surface area contributed by atoms with Crippen molar-refractivity contribution in [3.8, 4) is 0 Å². The third kappa shape index (κ3) is 3.06. The van der Waals surface area contributed by atoms with Crippen molar-refractivity contribution in [1.29, 1.82) is 0 Å². The molecular formula is C9H7F3INO2. The molecule has 1 aromatic rings. The predicted molar refractivity (Wildman–Crippen MR) is 57.7 cm³/mol. The van der Waals surface area contributed by atoms with Crippen LogP contribution in [-0.2, 0) is 22.1 Å². The minimum atomic E-state index is -4.51. The lowest BCUT2D eigenvalue weighted by Gasteiger charge is -2.10. The molecule has 7 heteroatoms. The maximum atomic E-state index is 12.5. The molecule has 0 aromatic carbocycles. The molecule has 88 valence electrons. The number of aromatic nitrogens is 1. The Bertz CT molecular complexity index is 406. The minimum Gasteiger partial charge on any atom is -0.469 e. The summed E-state index contributed by atoms with van der Waals surface area (Å²) in [6.07, 6.45) is -3.67. The molecule has 3 nitrogen and oxygen atoms in total. The van der Waals surface area contributed by atoms with Crippen LogP contribution in [0.3, 0.4) is 0 Å². The summed E-state index contributed by atoms with van der Waals surface area (Å²) < 4.78 is 41.7. The molecule has 0 radical (unpaired) electrons. The first-order chi connectivity index (χ1) is 7.36. The summed E-state index contributed by atoms with van der Waals surface area (Å²) >= 11 is 1.53. The monoisotopic (exact) mass is 345 g/mol. The van der Waals surface area contributed by atoms with E-state index in [1.54, 1.807) is 0 Å². The number of halogens is 4. The Morgan fingerprint density at radius 3 is 2.69 bits per heavy atom. The van der Waals surface area contributed by atoms with Gasteiger partial charge in [0, 0.05) is 9.77 Å². The molecule has 0 saturated heterocycles. The van der Waals surface area contributed by atoms with Crippen LogP contribution in [-0.4, -0.2) is 18.1 Å². The molecule has 1 aromatic heterocycles. The van der Waals surface area contributed by atoms with Crippen molar-refractivity contribution >= 4 is 28.6 Å². The van der Waals surface area contributed by atoms with Crippen LogP contribution in [0.5, 0.6) is 0 Å². The lowest BCUT2D eigenvalue weighted by Crippen LogP contribution is -2.14. The number of ether oxygens (including phenoxy) is 1. The predicted octanol–water partition coefficient (Wildman–Crippen LogP) is 2.42. The lowest BCUT2D eigenvalue weighted by atomic mass is 10.1. The number of hydrogen-bond donors (Lipinski definition) is 0. The van der Waals surface area contributed by atoms with Gasteiger partial charge in [-0.15, -0.1) is 0 Å². The van der Waals surface area contributed by atoms with Crippen LogP contribution in [0.1, 0.15) is 11.3 Å². The highest BCUT2D eigenvalue weighted by Gasteiger charge is 2.35. The Balaban J connectivity index is 3.09. The molecule has 16 heavy (non-hydrogen) atoms. The second-order valence-electron chi connectivity index (χ2n) is 2.88. The third-order valence-corrected chi connectivity index (χ3v) is 3.00. The van der Waals surface area contributed by atoms with Crippen molar-refractivity contribution in [2.45, 2.75) is 12.6 Å². The minimum absolute atomic E-state index is 0.0713. The highest BCUT2D eigenvalue weighted by Crippen LogP contribution is 2.32. The number of rotatable bonds is 2. The summed E-state index contributed by atoms with van der Waals surface area (Å²) in [5.41, 5.74) is -0.718. The fourth-order valence-electron chi connectivity index (χ4n) is 1.05. The molecule has 0 unspecified atom stereocenters. The average Bonchev–Trinajstić information content (AvgIpc) is 2.19. The number of hydrogen-bond acceptors (Lipinski definition) is 3. The number of nitrogens with zero attached hydrogens (tertiary/aromatic N) is 1. The number of pyridine rings is 1. The van der Waals surface area contributed by atoms with Gasteiger partial charge in [0.25, 0.3) is 0 Å². The number of alkyl halides is 3. The smallest absolute Gasteiger partial charge is 0.434 e. The summed E-state index contributed by atoms with van der Waals surface area (Å²) in [4.78, 5) is 14.2. The Morgan fingerprint density at radius 2 is 2.19 bits per heavy atom. The number of methoxy groups -OCH3 is 1. The summed E-state index contributed by atoms with van der Waals surface area (Å²) in [6, 6.07) is 1.37. The van der Waals surface area contributed by atoms with Gasteiger partial charge < -0.3 is 4.74 Å². The molecule has 0 aliphatic carbocycles. The molecule has 0 amide bonds. The maximum absolute atomic E-state index is 12.5. The average molecular weight is 345 g/mol. The summed E-state index contributed by atoms with van der Waals surface area (Å²) in [5.74, 6) is -0.586. The zero-order chi connectivity index (χ0) is 12.3. The van der Waals surface area contributed by atoms with E-state index in [0.717, 1.165) is 6.20 Å². The van der Waals surface area contributed by atoms with Crippen LogP contribution in [0, 0.1) is 3.57 Å². The highest BCUT2D eigenvalue weighted by atomic mass is 127. The lowest BCUT2D eigenvalue weighted by molar-refractivity contribution is -0.143. The summed E-state index contributed by atoms with van der Waals surface area (Å²) in [6.45, 7) is 0. The Hall–Kier alpha value is -0.860. The fourth-order valence-corrected chi connectivity index (χ4v) is 1.86. The number of carbonyl (C=O) groups is 1. The molecule has 0 bridgehead atoms. The fraction of sp³-hybridized carbons (Fsp3) is 0.333. The van der Waals surface area contributed by atoms with E-state index in [1.165, 1.54) is 35.8 Å². The molecule has 0 atom stereocenters. The zero-order valence-corrected chi connectivity index (χ0v) is 10.3. The van der Waals surface area contributed by atoms with Crippen LogP contribution in [0.15, 0.2) is 12.3 Å².